The fourth-order valence-corrected chi connectivity index (χ4v) is 2.71. The molecule has 0 radical (unpaired) electrons. The smallest absolute Gasteiger partial charge is 0.415 e. The molecule has 3 rings (SSSR count). The van der Waals surface area contributed by atoms with Gasteiger partial charge < -0.3 is 21.5 Å². The van der Waals surface area contributed by atoms with Crippen LogP contribution in [0.15, 0.2) is 18.2 Å². The number of likely N-dealkylation sites (N-methyl/N-ethyl adjacent to an activating group) is 1. The van der Waals surface area contributed by atoms with Crippen LogP contribution in [0.4, 0.5) is 16.2 Å². The van der Waals surface area contributed by atoms with E-state index in [0.717, 1.165) is 11.3 Å². The van der Waals surface area contributed by atoms with E-state index < -0.39 is 18.1 Å². The number of carbonyl (C=O) groups excluding carboxylic acids is 3. The lowest BCUT2D eigenvalue weighted by molar-refractivity contribution is -0.124. The zero-order chi connectivity index (χ0) is 15.1. The summed E-state index contributed by atoms with van der Waals surface area (Å²) in [5.41, 5.74) is 7.49. The Labute approximate surface area is 127 Å². The Balaban J connectivity index is 0.00000176. The second-order valence-corrected chi connectivity index (χ2v) is 5.01. The second kappa shape index (κ2) is 5.64. The van der Waals surface area contributed by atoms with Gasteiger partial charge in [-0.25, -0.2) is 4.79 Å². The van der Waals surface area contributed by atoms with Crippen LogP contribution in [-0.2, 0) is 20.7 Å². The van der Waals surface area contributed by atoms with Crippen molar-refractivity contribution in [2.45, 2.75) is 19.4 Å². The zero-order valence-electron chi connectivity index (χ0n) is 12.2. The normalized spacial score (nSPS) is 19.8. The van der Waals surface area contributed by atoms with Gasteiger partial charge in [-0.1, -0.05) is 0 Å². The van der Waals surface area contributed by atoms with Crippen LogP contribution in [0.2, 0.25) is 0 Å². The highest BCUT2D eigenvalue weighted by Gasteiger charge is 2.36. The van der Waals surface area contributed by atoms with Gasteiger partial charge in [0.1, 0.15) is 0 Å². The molecule has 1 fully saturated rings. The third-order valence-electron chi connectivity index (χ3n) is 3.75. The molecule has 0 aromatic heterocycles. The summed E-state index contributed by atoms with van der Waals surface area (Å²) >= 11 is 0. The van der Waals surface area contributed by atoms with E-state index in [1.165, 1.54) is 4.90 Å². The van der Waals surface area contributed by atoms with Crippen molar-refractivity contribution < 1.29 is 19.1 Å². The lowest BCUT2D eigenvalue weighted by Crippen LogP contribution is -2.32. The van der Waals surface area contributed by atoms with Crippen molar-refractivity contribution in [3.05, 3.63) is 23.8 Å². The molecule has 1 aromatic carbocycles. The fraction of sp³-hybridized carbons (Fsp3) is 0.357. The molecule has 1 atom stereocenters. The van der Waals surface area contributed by atoms with Gasteiger partial charge in [-0.2, -0.15) is 0 Å². The molecule has 22 heavy (non-hydrogen) atoms. The molecular formula is C14H18N4O4. The molecular weight excluding hydrogens is 288 g/mol. The lowest BCUT2D eigenvalue weighted by atomic mass is 10.1. The molecule has 8 nitrogen and oxygen atoms in total. The molecule has 5 N–H and O–H groups in total. The van der Waals surface area contributed by atoms with E-state index in [4.69, 9.17) is 10.5 Å². The molecule has 118 valence electrons. The van der Waals surface area contributed by atoms with Crippen molar-refractivity contribution in [1.29, 1.82) is 0 Å². The Kier molecular flexibility index (Phi) is 4.05. The molecule has 2 aliphatic rings. The first-order valence-electron chi connectivity index (χ1n) is 6.72. The van der Waals surface area contributed by atoms with Crippen molar-refractivity contribution >= 4 is 29.3 Å². The SMILES string of the molecule is CCN1C(=O)Cc2cc(N3C[C@H](C(N)=O)OC3=O)ccc21.N. The first-order chi connectivity index (χ1) is 10.0. The number of primary amides is 1. The maximum atomic E-state index is 11.9. The number of amides is 3. The number of carbonyl (C=O) groups is 3. The maximum absolute atomic E-state index is 11.9. The summed E-state index contributed by atoms with van der Waals surface area (Å²) < 4.78 is 4.91. The standard InChI is InChI=1S/C14H15N3O4.H3N/c1-2-16-10-4-3-9(5-8(10)6-12(16)18)17-7-11(13(15)19)21-14(17)20;/h3-5,11H,2,6-7H2,1H3,(H2,15,19);1H3/t11-;/m1./s1. The second-order valence-electron chi connectivity index (χ2n) is 5.01. The van der Waals surface area contributed by atoms with Gasteiger partial charge in [0.2, 0.25) is 5.91 Å². The van der Waals surface area contributed by atoms with Crippen molar-refractivity contribution in [3.8, 4) is 0 Å². The first kappa shape index (κ1) is 15.8. The van der Waals surface area contributed by atoms with Crippen molar-refractivity contribution in [2.75, 3.05) is 22.9 Å². The average Bonchev–Trinajstić information content (AvgIpc) is 2.97. The number of hydrogen-bond acceptors (Lipinski definition) is 5. The van der Waals surface area contributed by atoms with Crippen LogP contribution >= 0.6 is 0 Å². The molecule has 1 aromatic rings. The van der Waals surface area contributed by atoms with E-state index in [0.29, 0.717) is 18.7 Å². The molecule has 1 saturated heterocycles. The summed E-state index contributed by atoms with van der Waals surface area (Å²) in [6, 6.07) is 5.34. The van der Waals surface area contributed by atoms with Crippen LogP contribution in [0.5, 0.6) is 0 Å². The Morgan fingerprint density at radius 3 is 2.73 bits per heavy atom. The van der Waals surface area contributed by atoms with E-state index in [1.807, 2.05) is 13.0 Å². The summed E-state index contributed by atoms with van der Waals surface area (Å²) in [5, 5.41) is 0. The van der Waals surface area contributed by atoms with Crippen molar-refractivity contribution in [2.24, 2.45) is 5.73 Å². The van der Waals surface area contributed by atoms with Crippen LogP contribution in [0.3, 0.4) is 0 Å². The molecule has 0 unspecified atom stereocenters. The van der Waals surface area contributed by atoms with Crippen molar-refractivity contribution in [3.63, 3.8) is 0 Å². The lowest BCUT2D eigenvalue weighted by Gasteiger charge is -2.17. The Bertz CT molecular complexity index is 646. The quantitative estimate of drug-likeness (QED) is 0.843. The van der Waals surface area contributed by atoms with Gasteiger partial charge >= 0.3 is 6.09 Å². The average molecular weight is 306 g/mol. The molecule has 0 saturated carbocycles. The minimum Gasteiger partial charge on any atom is -0.434 e. The van der Waals surface area contributed by atoms with Crippen LogP contribution in [-0.4, -0.2) is 37.1 Å². The van der Waals surface area contributed by atoms with Gasteiger partial charge in [0.15, 0.2) is 6.10 Å². The highest BCUT2D eigenvalue weighted by Crippen LogP contribution is 2.33. The van der Waals surface area contributed by atoms with E-state index in [1.54, 1.807) is 17.0 Å². The topological polar surface area (TPSA) is 128 Å². The van der Waals surface area contributed by atoms with E-state index in [-0.39, 0.29) is 18.6 Å². The number of anilines is 2. The molecule has 0 spiro atoms. The van der Waals surface area contributed by atoms with Gasteiger partial charge in [-0.15, -0.1) is 0 Å². The predicted molar refractivity (Wildman–Crippen MR) is 80.0 cm³/mol. The number of rotatable bonds is 3. The number of benzene rings is 1. The molecule has 3 amide bonds. The maximum Gasteiger partial charge on any atom is 0.415 e. The minimum absolute atomic E-state index is 0. The molecule has 0 bridgehead atoms. The van der Waals surface area contributed by atoms with E-state index in [2.05, 4.69) is 0 Å². The van der Waals surface area contributed by atoms with Crippen LogP contribution < -0.4 is 21.7 Å². The van der Waals surface area contributed by atoms with E-state index in [9.17, 15) is 14.4 Å². The zero-order valence-corrected chi connectivity index (χ0v) is 12.2. The number of hydrogen-bond donors (Lipinski definition) is 2. The summed E-state index contributed by atoms with van der Waals surface area (Å²) in [5.74, 6) is -0.622. The predicted octanol–water partition coefficient (Wildman–Crippen LogP) is 0.568. The van der Waals surface area contributed by atoms with Crippen LogP contribution in [0, 0.1) is 0 Å². The van der Waals surface area contributed by atoms with Gasteiger partial charge in [-0.3, -0.25) is 14.5 Å². The third-order valence-corrected chi connectivity index (χ3v) is 3.75. The molecule has 0 aliphatic carbocycles. The minimum atomic E-state index is -0.931. The first-order valence-corrected chi connectivity index (χ1v) is 6.72. The number of cyclic esters (lactones) is 1. The van der Waals surface area contributed by atoms with Gasteiger partial charge in [0.25, 0.3) is 5.91 Å². The van der Waals surface area contributed by atoms with Gasteiger partial charge in [0, 0.05) is 17.9 Å². The molecule has 2 aliphatic heterocycles. The molecule has 8 heteroatoms. The fourth-order valence-electron chi connectivity index (χ4n) is 2.71. The number of fused-ring (bicyclic) bond motifs is 1. The monoisotopic (exact) mass is 306 g/mol. The van der Waals surface area contributed by atoms with Crippen LogP contribution in [0.25, 0.3) is 0 Å². The summed E-state index contributed by atoms with van der Waals surface area (Å²) in [6.07, 6.45) is -1.21. The Hall–Kier alpha value is -2.61. The summed E-state index contributed by atoms with van der Waals surface area (Å²) in [4.78, 5) is 37.8. The number of ether oxygens (including phenoxy) is 1. The van der Waals surface area contributed by atoms with Crippen molar-refractivity contribution in [1.82, 2.24) is 6.15 Å². The number of nitrogens with zero attached hydrogens (tertiary/aromatic N) is 2. The third kappa shape index (κ3) is 2.37. The highest BCUT2D eigenvalue weighted by atomic mass is 16.6. The highest BCUT2D eigenvalue weighted by molar-refractivity contribution is 6.02. The summed E-state index contributed by atoms with van der Waals surface area (Å²) in [6.45, 7) is 2.62. The Morgan fingerprint density at radius 1 is 1.41 bits per heavy atom. The Morgan fingerprint density at radius 2 is 2.14 bits per heavy atom. The summed E-state index contributed by atoms with van der Waals surface area (Å²) in [7, 11) is 0. The largest absolute Gasteiger partial charge is 0.434 e. The van der Waals surface area contributed by atoms with E-state index >= 15 is 0 Å². The van der Waals surface area contributed by atoms with Gasteiger partial charge in [0.05, 0.1) is 13.0 Å². The molecule has 2 heterocycles. The van der Waals surface area contributed by atoms with Crippen LogP contribution in [0.1, 0.15) is 12.5 Å². The number of nitrogens with two attached hydrogens (primary N) is 1. The van der Waals surface area contributed by atoms with Gasteiger partial charge in [-0.05, 0) is 30.7 Å².